The highest BCUT2D eigenvalue weighted by Crippen LogP contribution is 2.35. The second kappa shape index (κ2) is 5.90. The molecular weight excluding hydrogens is 283 g/mol. The number of nitrogens with one attached hydrogen (secondary N) is 1. The van der Waals surface area contributed by atoms with Crippen LogP contribution >= 0.6 is 11.6 Å². The van der Waals surface area contributed by atoms with Gasteiger partial charge in [-0.25, -0.2) is 12.8 Å². The molecule has 0 aliphatic heterocycles. The smallest absolute Gasteiger partial charge is 0.232 e. The zero-order valence-corrected chi connectivity index (χ0v) is 11.0. The first-order valence-electron chi connectivity index (χ1n) is 4.95. The van der Waals surface area contributed by atoms with Crippen LogP contribution in [-0.2, 0) is 10.0 Å². The molecule has 1 aromatic carbocycles. The van der Waals surface area contributed by atoms with Crippen LogP contribution in [0.15, 0.2) is 17.2 Å². The second-order valence-corrected chi connectivity index (χ2v) is 5.59. The van der Waals surface area contributed by atoms with Gasteiger partial charge < -0.3 is 0 Å². The summed E-state index contributed by atoms with van der Waals surface area (Å²) in [5.74, 6) is -0.909. The molecule has 6 nitrogen and oxygen atoms in total. The van der Waals surface area contributed by atoms with Crippen molar-refractivity contribution in [2.75, 3.05) is 10.5 Å². The minimum Gasteiger partial charge on any atom is -0.282 e. The molecule has 0 atom stereocenters. The quantitative estimate of drug-likeness (QED) is 0.510. The van der Waals surface area contributed by atoms with Gasteiger partial charge in [-0.1, -0.05) is 23.6 Å². The van der Waals surface area contributed by atoms with Crippen LogP contribution in [0.4, 0.5) is 15.8 Å². The van der Waals surface area contributed by atoms with Crippen molar-refractivity contribution >= 4 is 33.0 Å². The lowest BCUT2D eigenvalue weighted by molar-refractivity contribution is 0.599. The third-order valence-corrected chi connectivity index (χ3v) is 3.81. The van der Waals surface area contributed by atoms with Gasteiger partial charge in [0.25, 0.3) is 0 Å². The summed E-state index contributed by atoms with van der Waals surface area (Å²) in [6, 6.07) is 2.14. The Labute approximate surface area is 108 Å². The van der Waals surface area contributed by atoms with Gasteiger partial charge in [0.15, 0.2) is 0 Å². The Morgan fingerprint density at radius 1 is 1.56 bits per heavy atom. The summed E-state index contributed by atoms with van der Waals surface area (Å²) in [6.45, 7) is 1.71. The van der Waals surface area contributed by atoms with Crippen molar-refractivity contribution in [2.45, 2.75) is 13.3 Å². The molecule has 0 saturated heterocycles. The molecule has 0 aliphatic carbocycles. The van der Waals surface area contributed by atoms with Crippen molar-refractivity contribution < 1.29 is 12.8 Å². The molecule has 0 amide bonds. The van der Waals surface area contributed by atoms with Gasteiger partial charge >= 0.3 is 0 Å². The van der Waals surface area contributed by atoms with E-state index in [2.05, 4.69) is 14.7 Å². The molecule has 0 bridgehead atoms. The third kappa shape index (κ3) is 3.49. The van der Waals surface area contributed by atoms with Crippen LogP contribution in [0.25, 0.3) is 10.4 Å². The zero-order chi connectivity index (χ0) is 13.8. The van der Waals surface area contributed by atoms with Crippen LogP contribution in [0.2, 0.25) is 5.02 Å². The minimum absolute atomic E-state index is 0.0195. The summed E-state index contributed by atoms with van der Waals surface area (Å²) in [5.41, 5.74) is 7.82. The van der Waals surface area contributed by atoms with E-state index in [0.29, 0.717) is 6.42 Å². The highest BCUT2D eigenvalue weighted by molar-refractivity contribution is 7.92. The third-order valence-electron chi connectivity index (χ3n) is 1.95. The number of anilines is 1. The molecule has 9 heteroatoms. The highest BCUT2D eigenvalue weighted by atomic mass is 35.5. The second-order valence-electron chi connectivity index (χ2n) is 3.37. The fourth-order valence-electron chi connectivity index (χ4n) is 1.24. The standard InChI is InChI=1S/C9H10ClFN4O2S/c1-2-5-18(16,17)14-7-4-3-6(11)9(8(7)10)13-15-12/h3-4,14H,2,5H2,1H3. The SMILES string of the molecule is CCCS(=O)(=O)Nc1ccc(F)c(N=[N+]=[N-])c1Cl. The molecule has 1 aromatic rings. The number of hydrogen-bond acceptors (Lipinski definition) is 3. The molecule has 0 unspecified atom stereocenters. The van der Waals surface area contributed by atoms with Crippen LogP contribution in [0, 0.1) is 5.82 Å². The van der Waals surface area contributed by atoms with Crippen molar-refractivity contribution in [3.8, 4) is 0 Å². The predicted octanol–water partition coefficient (Wildman–Crippen LogP) is 3.57. The molecule has 1 N–H and O–H groups in total. The summed E-state index contributed by atoms with van der Waals surface area (Å²) in [4.78, 5) is 2.42. The van der Waals surface area contributed by atoms with Gasteiger partial charge in [0.05, 0.1) is 22.2 Å². The van der Waals surface area contributed by atoms with Crippen LogP contribution in [0.3, 0.4) is 0 Å². The van der Waals surface area contributed by atoms with Gasteiger partial charge in [-0.2, -0.15) is 0 Å². The molecule has 1 rings (SSSR count). The topological polar surface area (TPSA) is 94.9 Å². The molecule has 0 heterocycles. The Kier molecular flexibility index (Phi) is 4.77. The van der Waals surface area contributed by atoms with Gasteiger partial charge in [0.2, 0.25) is 10.0 Å². The number of halogens is 2. The minimum atomic E-state index is -3.54. The van der Waals surface area contributed by atoms with E-state index >= 15 is 0 Å². The molecule has 0 saturated carbocycles. The van der Waals surface area contributed by atoms with Gasteiger partial charge in [-0.15, -0.1) is 0 Å². The highest BCUT2D eigenvalue weighted by Gasteiger charge is 2.15. The van der Waals surface area contributed by atoms with Crippen LogP contribution in [-0.4, -0.2) is 14.2 Å². The Morgan fingerprint density at radius 2 is 2.22 bits per heavy atom. The van der Waals surface area contributed by atoms with Crippen LogP contribution < -0.4 is 4.72 Å². The van der Waals surface area contributed by atoms with Crippen molar-refractivity contribution in [3.05, 3.63) is 33.4 Å². The summed E-state index contributed by atoms with van der Waals surface area (Å²) >= 11 is 5.77. The monoisotopic (exact) mass is 292 g/mol. The number of azide groups is 1. The van der Waals surface area contributed by atoms with E-state index in [9.17, 15) is 12.8 Å². The summed E-state index contributed by atoms with van der Waals surface area (Å²) in [5, 5.41) is 2.81. The molecule has 0 spiro atoms. The van der Waals surface area contributed by atoms with E-state index in [-0.39, 0.29) is 16.5 Å². The van der Waals surface area contributed by atoms with Crippen LogP contribution in [0.1, 0.15) is 13.3 Å². The molecule has 0 radical (unpaired) electrons. The summed E-state index contributed by atoms with van der Waals surface area (Å²) in [6.07, 6.45) is 0.428. The number of nitrogens with zero attached hydrogens (tertiary/aromatic N) is 3. The van der Waals surface area contributed by atoms with E-state index in [1.807, 2.05) is 0 Å². The van der Waals surface area contributed by atoms with Crippen molar-refractivity contribution in [2.24, 2.45) is 5.11 Å². The zero-order valence-electron chi connectivity index (χ0n) is 9.39. The maximum absolute atomic E-state index is 13.3. The lowest BCUT2D eigenvalue weighted by atomic mass is 10.3. The van der Waals surface area contributed by atoms with E-state index < -0.39 is 21.5 Å². The Morgan fingerprint density at radius 3 is 2.78 bits per heavy atom. The van der Waals surface area contributed by atoms with Crippen molar-refractivity contribution in [1.29, 1.82) is 0 Å². The largest absolute Gasteiger partial charge is 0.282 e. The van der Waals surface area contributed by atoms with Crippen molar-refractivity contribution in [1.82, 2.24) is 0 Å². The Bertz CT molecular complexity index is 599. The first kappa shape index (κ1) is 14.6. The molecule has 0 aromatic heterocycles. The van der Waals surface area contributed by atoms with Crippen molar-refractivity contribution in [3.63, 3.8) is 0 Å². The summed E-state index contributed by atoms with van der Waals surface area (Å²) < 4.78 is 38.6. The first-order chi connectivity index (χ1) is 8.41. The molecular formula is C9H10ClFN4O2S. The molecule has 18 heavy (non-hydrogen) atoms. The average molecular weight is 293 g/mol. The maximum atomic E-state index is 13.3. The Hall–Kier alpha value is -1.50. The summed E-state index contributed by atoms with van der Waals surface area (Å²) in [7, 11) is -3.54. The lowest BCUT2D eigenvalue weighted by Gasteiger charge is -2.10. The van der Waals surface area contributed by atoms with E-state index in [1.54, 1.807) is 6.92 Å². The normalized spacial score (nSPS) is 10.8. The fourth-order valence-corrected chi connectivity index (χ4v) is 2.68. The predicted molar refractivity (Wildman–Crippen MR) is 67.9 cm³/mol. The Balaban J connectivity index is 3.20. The molecule has 0 fully saturated rings. The van der Waals surface area contributed by atoms with Gasteiger partial charge in [0, 0.05) is 4.91 Å². The number of hydrogen-bond donors (Lipinski definition) is 1. The maximum Gasteiger partial charge on any atom is 0.232 e. The van der Waals surface area contributed by atoms with Gasteiger partial charge in [-0.3, -0.25) is 4.72 Å². The van der Waals surface area contributed by atoms with Gasteiger partial charge in [0.1, 0.15) is 5.82 Å². The van der Waals surface area contributed by atoms with E-state index in [4.69, 9.17) is 17.1 Å². The van der Waals surface area contributed by atoms with Gasteiger partial charge in [-0.05, 0) is 24.1 Å². The number of benzene rings is 1. The van der Waals surface area contributed by atoms with E-state index in [0.717, 1.165) is 6.07 Å². The number of sulfonamides is 1. The first-order valence-corrected chi connectivity index (χ1v) is 6.98. The lowest BCUT2D eigenvalue weighted by Crippen LogP contribution is -2.16. The molecule has 0 aliphatic rings. The van der Waals surface area contributed by atoms with Crippen LogP contribution in [0.5, 0.6) is 0 Å². The fraction of sp³-hybridized carbons (Fsp3) is 0.333. The average Bonchev–Trinajstić information content (AvgIpc) is 2.28. The van der Waals surface area contributed by atoms with E-state index in [1.165, 1.54) is 6.07 Å². The number of rotatable bonds is 5. The molecule has 98 valence electrons.